The van der Waals surface area contributed by atoms with E-state index in [1.54, 1.807) is 0 Å². The molecule has 0 saturated carbocycles. The number of benzene rings is 1. The molecule has 3 nitrogen and oxygen atoms in total. The molecule has 5 heteroatoms. The average Bonchev–Trinajstić information content (AvgIpc) is 2.21. The molecule has 1 rings (SSSR count). The minimum absolute atomic E-state index is 0.189. The van der Waals surface area contributed by atoms with Crippen molar-refractivity contribution in [3.63, 3.8) is 0 Å². The molecule has 3 N–H and O–H groups in total. The molecule has 0 fully saturated rings. The molecule has 1 unspecified atom stereocenters. The van der Waals surface area contributed by atoms with Gasteiger partial charge in [-0.05, 0) is 17.5 Å². The monoisotopic (exact) mass is 242 g/mol. The van der Waals surface area contributed by atoms with Gasteiger partial charge in [-0.3, -0.25) is 4.79 Å². The maximum atomic E-state index is 12.9. The first-order valence-electron chi connectivity index (χ1n) is 5.23. The van der Waals surface area contributed by atoms with Gasteiger partial charge in [0.05, 0.1) is 6.04 Å². The van der Waals surface area contributed by atoms with Crippen LogP contribution in [0.25, 0.3) is 0 Å². The van der Waals surface area contributed by atoms with Crippen LogP contribution in [0.5, 0.6) is 0 Å². The van der Waals surface area contributed by atoms with Gasteiger partial charge in [-0.2, -0.15) is 0 Å². The summed E-state index contributed by atoms with van der Waals surface area (Å²) < 4.78 is 25.6. The van der Waals surface area contributed by atoms with Gasteiger partial charge < -0.3 is 11.1 Å². The van der Waals surface area contributed by atoms with Crippen molar-refractivity contribution in [2.75, 3.05) is 5.32 Å². The molecule has 0 heterocycles. The smallest absolute Gasteiger partial charge is 0.241 e. The van der Waals surface area contributed by atoms with Crippen LogP contribution in [0.15, 0.2) is 18.2 Å². The Balaban J connectivity index is 2.78. The van der Waals surface area contributed by atoms with Crippen LogP contribution in [0.1, 0.15) is 20.8 Å². The number of hydrogen-bond acceptors (Lipinski definition) is 2. The average molecular weight is 242 g/mol. The van der Waals surface area contributed by atoms with E-state index >= 15 is 0 Å². The quantitative estimate of drug-likeness (QED) is 0.835. The molecule has 0 aliphatic heterocycles. The number of anilines is 1. The van der Waals surface area contributed by atoms with Crippen molar-refractivity contribution in [1.82, 2.24) is 0 Å². The zero-order chi connectivity index (χ0) is 13.2. The largest absolute Gasteiger partial charge is 0.325 e. The lowest BCUT2D eigenvalue weighted by Gasteiger charge is -2.25. The summed E-state index contributed by atoms with van der Waals surface area (Å²) in [4.78, 5) is 11.7. The summed E-state index contributed by atoms with van der Waals surface area (Å²) in [6, 6.07) is 2.43. The summed E-state index contributed by atoms with van der Waals surface area (Å²) in [6.07, 6.45) is 0. The Hall–Kier alpha value is -1.49. The van der Waals surface area contributed by atoms with Crippen LogP contribution in [0.4, 0.5) is 14.5 Å². The number of carbonyl (C=O) groups is 1. The first-order valence-corrected chi connectivity index (χ1v) is 5.23. The fraction of sp³-hybridized carbons (Fsp3) is 0.417. The summed E-state index contributed by atoms with van der Waals surface area (Å²) >= 11 is 0. The van der Waals surface area contributed by atoms with Crippen molar-refractivity contribution < 1.29 is 13.6 Å². The molecule has 0 aromatic heterocycles. The number of carbonyl (C=O) groups excluding carboxylic acids is 1. The summed E-state index contributed by atoms with van der Waals surface area (Å²) in [6.45, 7) is 5.47. The second kappa shape index (κ2) is 4.79. The summed E-state index contributed by atoms with van der Waals surface area (Å²) in [5, 5.41) is 2.45. The van der Waals surface area contributed by atoms with E-state index in [-0.39, 0.29) is 5.69 Å². The van der Waals surface area contributed by atoms with Gasteiger partial charge in [0, 0.05) is 11.8 Å². The third-order valence-corrected chi connectivity index (χ3v) is 2.40. The van der Waals surface area contributed by atoms with Gasteiger partial charge in [-0.25, -0.2) is 8.78 Å². The van der Waals surface area contributed by atoms with Gasteiger partial charge >= 0.3 is 0 Å². The zero-order valence-electron chi connectivity index (χ0n) is 10.1. The summed E-state index contributed by atoms with van der Waals surface area (Å²) in [7, 11) is 0. The first-order chi connectivity index (χ1) is 7.71. The number of nitrogens with two attached hydrogens (primary N) is 1. The highest BCUT2D eigenvalue weighted by Crippen LogP contribution is 2.19. The van der Waals surface area contributed by atoms with Crippen molar-refractivity contribution in [2.45, 2.75) is 26.8 Å². The Morgan fingerprint density at radius 2 is 1.88 bits per heavy atom. The van der Waals surface area contributed by atoms with Crippen LogP contribution in [0.3, 0.4) is 0 Å². The Morgan fingerprint density at radius 3 is 2.35 bits per heavy atom. The van der Waals surface area contributed by atoms with Gasteiger partial charge in [0.1, 0.15) is 0 Å². The van der Waals surface area contributed by atoms with E-state index in [4.69, 9.17) is 5.73 Å². The van der Waals surface area contributed by atoms with Crippen LogP contribution in [0.2, 0.25) is 0 Å². The number of amides is 1. The number of halogens is 2. The van der Waals surface area contributed by atoms with E-state index in [0.29, 0.717) is 0 Å². The zero-order valence-corrected chi connectivity index (χ0v) is 10.1. The molecule has 0 saturated heterocycles. The van der Waals surface area contributed by atoms with Crippen molar-refractivity contribution >= 4 is 11.6 Å². The van der Waals surface area contributed by atoms with E-state index in [1.165, 1.54) is 6.07 Å². The van der Waals surface area contributed by atoms with Crippen LogP contribution < -0.4 is 11.1 Å². The maximum Gasteiger partial charge on any atom is 0.241 e. The lowest BCUT2D eigenvalue weighted by Crippen LogP contribution is -2.45. The molecule has 0 aliphatic rings. The van der Waals surface area contributed by atoms with Crippen molar-refractivity contribution in [3.05, 3.63) is 29.8 Å². The normalized spacial score (nSPS) is 13.3. The predicted molar refractivity (Wildman–Crippen MR) is 62.4 cm³/mol. The molecule has 0 aliphatic carbocycles. The fourth-order valence-electron chi connectivity index (χ4n) is 1.19. The molecule has 1 amide bonds. The number of hydrogen-bond donors (Lipinski definition) is 2. The molecule has 1 aromatic carbocycles. The lowest BCUT2D eigenvalue weighted by atomic mass is 9.87. The molecule has 0 radical (unpaired) electrons. The molecular weight excluding hydrogens is 226 g/mol. The number of nitrogens with one attached hydrogen (secondary N) is 1. The second-order valence-electron chi connectivity index (χ2n) is 4.96. The highest BCUT2D eigenvalue weighted by atomic mass is 19.2. The minimum atomic E-state index is -1.01. The van der Waals surface area contributed by atoms with Gasteiger partial charge in [-0.1, -0.05) is 20.8 Å². The van der Waals surface area contributed by atoms with Gasteiger partial charge in [0.2, 0.25) is 5.91 Å². The standard InChI is InChI=1S/C12H16F2N2O/c1-12(2,3)10(15)11(17)16-7-4-5-8(13)9(14)6-7/h4-6,10H,15H2,1-3H3,(H,16,17). The van der Waals surface area contributed by atoms with Crippen LogP contribution in [-0.4, -0.2) is 11.9 Å². The summed E-state index contributed by atoms with van der Waals surface area (Å²) in [5.41, 5.74) is 5.52. The Kier molecular flexibility index (Phi) is 3.83. The topological polar surface area (TPSA) is 55.1 Å². The Morgan fingerprint density at radius 1 is 1.29 bits per heavy atom. The van der Waals surface area contributed by atoms with E-state index in [0.717, 1.165) is 12.1 Å². The third kappa shape index (κ3) is 3.49. The lowest BCUT2D eigenvalue weighted by molar-refractivity contribution is -0.119. The highest BCUT2D eigenvalue weighted by molar-refractivity contribution is 5.95. The van der Waals surface area contributed by atoms with Crippen LogP contribution in [0, 0.1) is 17.0 Å². The Labute approximate surface area is 99.0 Å². The van der Waals surface area contributed by atoms with Gasteiger partial charge in [0.25, 0.3) is 0 Å². The van der Waals surface area contributed by atoms with Crippen molar-refractivity contribution in [3.8, 4) is 0 Å². The highest BCUT2D eigenvalue weighted by Gasteiger charge is 2.27. The fourth-order valence-corrected chi connectivity index (χ4v) is 1.19. The molecule has 1 aromatic rings. The Bertz CT molecular complexity index is 427. The first kappa shape index (κ1) is 13.6. The second-order valence-corrected chi connectivity index (χ2v) is 4.96. The van der Waals surface area contributed by atoms with E-state index in [1.807, 2.05) is 20.8 Å². The van der Waals surface area contributed by atoms with E-state index in [9.17, 15) is 13.6 Å². The van der Waals surface area contributed by atoms with Crippen LogP contribution >= 0.6 is 0 Å². The summed E-state index contributed by atoms with van der Waals surface area (Å²) in [5.74, 6) is -2.39. The van der Waals surface area contributed by atoms with E-state index < -0.39 is 29.0 Å². The third-order valence-electron chi connectivity index (χ3n) is 2.40. The molecule has 0 bridgehead atoms. The van der Waals surface area contributed by atoms with E-state index in [2.05, 4.69) is 5.32 Å². The number of rotatable bonds is 2. The minimum Gasteiger partial charge on any atom is -0.325 e. The van der Waals surface area contributed by atoms with Crippen molar-refractivity contribution in [2.24, 2.45) is 11.1 Å². The maximum absolute atomic E-state index is 12.9. The molecule has 0 spiro atoms. The predicted octanol–water partition coefficient (Wildman–Crippen LogP) is 2.28. The molecule has 94 valence electrons. The van der Waals surface area contributed by atoms with Crippen molar-refractivity contribution in [1.29, 1.82) is 0 Å². The SMILES string of the molecule is CC(C)(C)C(N)C(=O)Nc1ccc(F)c(F)c1. The molecule has 17 heavy (non-hydrogen) atoms. The van der Waals surface area contributed by atoms with Gasteiger partial charge in [0.15, 0.2) is 11.6 Å². The molecular formula is C12H16F2N2O. The van der Waals surface area contributed by atoms with Gasteiger partial charge in [-0.15, -0.1) is 0 Å². The molecule has 1 atom stereocenters. The van der Waals surface area contributed by atoms with Crippen LogP contribution in [-0.2, 0) is 4.79 Å².